The van der Waals surface area contributed by atoms with Gasteiger partial charge < -0.3 is 15.0 Å². The molecule has 0 spiro atoms. The molecule has 5 nitrogen and oxygen atoms in total. The monoisotopic (exact) mass is 211 g/mol. The molecule has 2 N–H and O–H groups in total. The first kappa shape index (κ1) is 11.7. The maximum absolute atomic E-state index is 11.7. The number of carbonyl (C=O) groups excluding carboxylic acids is 1. The van der Waals surface area contributed by atoms with Gasteiger partial charge in [0.25, 0.3) is 5.91 Å². The fourth-order valence-corrected chi connectivity index (χ4v) is 1.24. The van der Waals surface area contributed by atoms with Gasteiger partial charge in [-0.1, -0.05) is 13.8 Å². The van der Waals surface area contributed by atoms with Crippen LogP contribution in [-0.2, 0) is 7.05 Å². The van der Waals surface area contributed by atoms with Crippen LogP contribution in [0.15, 0.2) is 12.5 Å². The maximum Gasteiger partial charge on any atom is 0.269 e. The molecule has 0 radical (unpaired) electrons. The van der Waals surface area contributed by atoms with E-state index in [9.17, 15) is 4.79 Å². The van der Waals surface area contributed by atoms with Crippen LogP contribution in [0.2, 0.25) is 0 Å². The zero-order valence-electron chi connectivity index (χ0n) is 9.27. The second-order valence-corrected chi connectivity index (χ2v) is 3.90. The molecule has 1 atom stereocenters. The molecule has 1 amide bonds. The number of hydrogen-bond donors (Lipinski definition) is 2. The van der Waals surface area contributed by atoms with E-state index in [4.69, 9.17) is 5.11 Å². The molecule has 1 aromatic rings. The third-order valence-corrected chi connectivity index (χ3v) is 2.37. The summed E-state index contributed by atoms with van der Waals surface area (Å²) in [7, 11) is 1.76. The van der Waals surface area contributed by atoms with Crippen molar-refractivity contribution in [3.05, 3.63) is 18.2 Å². The summed E-state index contributed by atoms with van der Waals surface area (Å²) in [6, 6.07) is -0.215. The predicted molar refractivity (Wildman–Crippen MR) is 56.4 cm³/mol. The number of rotatable bonds is 4. The third kappa shape index (κ3) is 2.79. The Labute approximate surface area is 89.1 Å². The number of aryl methyl sites for hydroxylation is 1. The van der Waals surface area contributed by atoms with Gasteiger partial charge in [-0.2, -0.15) is 0 Å². The van der Waals surface area contributed by atoms with Crippen LogP contribution in [0.5, 0.6) is 0 Å². The maximum atomic E-state index is 11.7. The van der Waals surface area contributed by atoms with Gasteiger partial charge in [0.05, 0.1) is 25.2 Å². The molecule has 84 valence electrons. The van der Waals surface area contributed by atoms with E-state index in [0.29, 0.717) is 5.69 Å². The molecule has 1 heterocycles. The smallest absolute Gasteiger partial charge is 0.269 e. The number of aliphatic hydroxyl groups excluding tert-OH is 1. The van der Waals surface area contributed by atoms with Crippen molar-refractivity contribution in [3.63, 3.8) is 0 Å². The van der Waals surface area contributed by atoms with Gasteiger partial charge in [0.1, 0.15) is 5.69 Å². The van der Waals surface area contributed by atoms with Crippen molar-refractivity contribution in [1.29, 1.82) is 0 Å². The highest BCUT2D eigenvalue weighted by atomic mass is 16.3. The van der Waals surface area contributed by atoms with Gasteiger partial charge in [-0.25, -0.2) is 4.98 Å². The standard InChI is InChI=1S/C10H17N3O2/c1-7(2)8(5-14)12-10(15)9-4-11-6-13(9)3/h4,6-8,14H,5H2,1-3H3,(H,12,15). The average molecular weight is 211 g/mol. The highest BCUT2D eigenvalue weighted by molar-refractivity contribution is 5.92. The van der Waals surface area contributed by atoms with Gasteiger partial charge in [-0.3, -0.25) is 4.79 Å². The molecule has 0 saturated carbocycles. The van der Waals surface area contributed by atoms with E-state index in [-0.39, 0.29) is 24.5 Å². The predicted octanol–water partition coefficient (Wildman–Crippen LogP) is 0.167. The number of nitrogens with one attached hydrogen (secondary N) is 1. The SMILES string of the molecule is CC(C)C(CO)NC(=O)c1cncn1C. The first-order chi connectivity index (χ1) is 7.06. The van der Waals surface area contributed by atoms with E-state index < -0.39 is 0 Å². The Balaban J connectivity index is 2.67. The molecule has 0 aliphatic rings. The van der Waals surface area contributed by atoms with Gasteiger partial charge >= 0.3 is 0 Å². The van der Waals surface area contributed by atoms with E-state index in [1.54, 1.807) is 17.9 Å². The summed E-state index contributed by atoms with van der Waals surface area (Å²) in [5.41, 5.74) is 0.495. The molecule has 0 aliphatic carbocycles. The summed E-state index contributed by atoms with van der Waals surface area (Å²) in [5.74, 6) is -0.00470. The Hall–Kier alpha value is -1.36. The minimum atomic E-state index is -0.215. The summed E-state index contributed by atoms with van der Waals surface area (Å²) in [4.78, 5) is 15.6. The van der Waals surface area contributed by atoms with E-state index >= 15 is 0 Å². The lowest BCUT2D eigenvalue weighted by atomic mass is 10.1. The minimum absolute atomic E-state index is 0.0543. The Kier molecular flexibility index (Phi) is 3.85. The van der Waals surface area contributed by atoms with Crippen LogP contribution in [-0.4, -0.2) is 33.2 Å². The number of aromatic nitrogens is 2. The lowest BCUT2D eigenvalue weighted by Crippen LogP contribution is -2.41. The summed E-state index contributed by atoms with van der Waals surface area (Å²) < 4.78 is 1.64. The Morgan fingerprint density at radius 1 is 1.67 bits per heavy atom. The number of amides is 1. The molecule has 0 saturated heterocycles. The number of carbonyl (C=O) groups is 1. The molecule has 15 heavy (non-hydrogen) atoms. The number of aliphatic hydroxyl groups is 1. The summed E-state index contributed by atoms with van der Waals surface area (Å²) in [5, 5.41) is 11.8. The van der Waals surface area contributed by atoms with Crippen molar-refractivity contribution < 1.29 is 9.90 Å². The molecule has 1 unspecified atom stereocenters. The van der Waals surface area contributed by atoms with Crippen LogP contribution in [0.3, 0.4) is 0 Å². The molecule has 1 aromatic heterocycles. The molecule has 0 aromatic carbocycles. The fraction of sp³-hybridized carbons (Fsp3) is 0.600. The van der Waals surface area contributed by atoms with Crippen LogP contribution >= 0.6 is 0 Å². The lowest BCUT2D eigenvalue weighted by molar-refractivity contribution is 0.0888. The number of hydrogen-bond acceptors (Lipinski definition) is 3. The van der Waals surface area contributed by atoms with E-state index in [1.807, 2.05) is 13.8 Å². The van der Waals surface area contributed by atoms with E-state index in [2.05, 4.69) is 10.3 Å². The van der Waals surface area contributed by atoms with E-state index in [1.165, 1.54) is 6.20 Å². The largest absolute Gasteiger partial charge is 0.394 e. The number of imidazole rings is 1. The van der Waals surface area contributed by atoms with Crippen molar-refractivity contribution >= 4 is 5.91 Å². The zero-order valence-corrected chi connectivity index (χ0v) is 9.27. The van der Waals surface area contributed by atoms with Gasteiger partial charge in [-0.15, -0.1) is 0 Å². The normalized spacial score (nSPS) is 12.9. The minimum Gasteiger partial charge on any atom is -0.394 e. The number of nitrogens with zero attached hydrogens (tertiary/aromatic N) is 2. The molecule has 0 fully saturated rings. The van der Waals surface area contributed by atoms with Gasteiger partial charge in [0.2, 0.25) is 0 Å². The summed E-state index contributed by atoms with van der Waals surface area (Å²) >= 11 is 0. The van der Waals surface area contributed by atoms with Crippen LogP contribution in [0.1, 0.15) is 24.3 Å². The van der Waals surface area contributed by atoms with Gasteiger partial charge in [-0.05, 0) is 5.92 Å². The highest BCUT2D eigenvalue weighted by Crippen LogP contribution is 2.03. The molecule has 0 bridgehead atoms. The van der Waals surface area contributed by atoms with Crippen molar-refractivity contribution in [2.45, 2.75) is 19.9 Å². The first-order valence-corrected chi connectivity index (χ1v) is 4.94. The Morgan fingerprint density at radius 3 is 2.73 bits per heavy atom. The molecule has 1 rings (SSSR count). The Bertz CT molecular complexity index is 333. The average Bonchev–Trinajstić information content (AvgIpc) is 2.60. The first-order valence-electron chi connectivity index (χ1n) is 4.94. The van der Waals surface area contributed by atoms with Crippen LogP contribution in [0, 0.1) is 5.92 Å². The van der Waals surface area contributed by atoms with Crippen LogP contribution in [0.4, 0.5) is 0 Å². The second kappa shape index (κ2) is 4.93. The second-order valence-electron chi connectivity index (χ2n) is 3.90. The molecule has 5 heteroatoms. The van der Waals surface area contributed by atoms with Crippen LogP contribution in [0.25, 0.3) is 0 Å². The fourth-order valence-electron chi connectivity index (χ4n) is 1.24. The molecular weight excluding hydrogens is 194 g/mol. The third-order valence-electron chi connectivity index (χ3n) is 2.37. The topological polar surface area (TPSA) is 67.2 Å². The summed E-state index contributed by atoms with van der Waals surface area (Å²) in [6.45, 7) is 3.84. The van der Waals surface area contributed by atoms with Gasteiger partial charge in [0, 0.05) is 7.05 Å². The van der Waals surface area contributed by atoms with Crippen molar-refractivity contribution in [2.75, 3.05) is 6.61 Å². The van der Waals surface area contributed by atoms with E-state index in [0.717, 1.165) is 0 Å². The molecular formula is C10H17N3O2. The quantitative estimate of drug-likeness (QED) is 0.746. The van der Waals surface area contributed by atoms with Crippen molar-refractivity contribution in [3.8, 4) is 0 Å². The zero-order chi connectivity index (χ0) is 11.4. The van der Waals surface area contributed by atoms with Crippen molar-refractivity contribution in [1.82, 2.24) is 14.9 Å². The highest BCUT2D eigenvalue weighted by Gasteiger charge is 2.17. The summed E-state index contributed by atoms with van der Waals surface area (Å²) in [6.07, 6.45) is 3.07. The molecule has 0 aliphatic heterocycles. The van der Waals surface area contributed by atoms with Gasteiger partial charge in [0.15, 0.2) is 0 Å². The van der Waals surface area contributed by atoms with Crippen molar-refractivity contribution in [2.24, 2.45) is 13.0 Å². The Morgan fingerprint density at radius 2 is 2.33 bits per heavy atom. The van der Waals surface area contributed by atoms with Crippen LogP contribution < -0.4 is 5.32 Å². The lowest BCUT2D eigenvalue weighted by Gasteiger charge is -2.19.